The molecule has 0 fully saturated rings. The molecule has 1 amide bonds. The van der Waals surface area contributed by atoms with Gasteiger partial charge in [0, 0.05) is 21.3 Å². The maximum absolute atomic E-state index is 12.2. The number of nitrogens with zero attached hydrogens (tertiary/aromatic N) is 2. The highest BCUT2D eigenvalue weighted by atomic mass is 79.9. The minimum absolute atomic E-state index is 0.123. The van der Waals surface area contributed by atoms with Gasteiger partial charge in [0.25, 0.3) is 5.91 Å². The first-order chi connectivity index (χ1) is 10.5. The van der Waals surface area contributed by atoms with Gasteiger partial charge in [0.05, 0.1) is 17.8 Å². The van der Waals surface area contributed by atoms with Crippen LogP contribution in [0.3, 0.4) is 0 Å². The van der Waals surface area contributed by atoms with Gasteiger partial charge in [0.2, 0.25) is 0 Å². The molecule has 0 radical (unpaired) electrons. The molecular formula is C16H13Br2N3O. The molecule has 0 saturated heterocycles. The molecular weight excluding hydrogens is 410 g/mol. The standard InChI is InChI=1S/C16H13Br2N3O/c1-10-6-11(17)8-21-9-12(20-15(10)21)7-19-16(22)13-4-2-3-5-14(13)18/h2-6,8-9H,7H2,1H3,(H,19,22). The van der Waals surface area contributed by atoms with E-state index in [1.54, 1.807) is 6.07 Å². The van der Waals surface area contributed by atoms with E-state index in [1.165, 1.54) is 0 Å². The Labute approximate surface area is 144 Å². The van der Waals surface area contributed by atoms with Crippen LogP contribution in [-0.2, 0) is 6.54 Å². The van der Waals surface area contributed by atoms with Gasteiger partial charge in [-0.1, -0.05) is 12.1 Å². The normalized spacial score (nSPS) is 10.9. The Morgan fingerprint density at radius 1 is 1.27 bits per heavy atom. The molecule has 0 spiro atoms. The molecule has 1 aromatic carbocycles. The topological polar surface area (TPSA) is 46.4 Å². The van der Waals surface area contributed by atoms with Crippen molar-refractivity contribution < 1.29 is 4.79 Å². The van der Waals surface area contributed by atoms with E-state index in [-0.39, 0.29) is 5.91 Å². The molecule has 2 aromatic heterocycles. The second-order valence-electron chi connectivity index (χ2n) is 4.97. The van der Waals surface area contributed by atoms with Crippen molar-refractivity contribution in [2.75, 3.05) is 0 Å². The lowest BCUT2D eigenvalue weighted by Crippen LogP contribution is -2.23. The van der Waals surface area contributed by atoms with E-state index in [0.717, 1.165) is 25.8 Å². The predicted molar refractivity (Wildman–Crippen MR) is 92.9 cm³/mol. The predicted octanol–water partition coefficient (Wildman–Crippen LogP) is 4.10. The monoisotopic (exact) mass is 421 g/mol. The molecule has 22 heavy (non-hydrogen) atoms. The van der Waals surface area contributed by atoms with E-state index in [4.69, 9.17) is 0 Å². The molecule has 112 valence electrons. The molecule has 0 bridgehead atoms. The van der Waals surface area contributed by atoms with Gasteiger partial charge in [-0.15, -0.1) is 0 Å². The summed E-state index contributed by atoms with van der Waals surface area (Å²) in [4.78, 5) is 16.7. The summed E-state index contributed by atoms with van der Waals surface area (Å²) in [7, 11) is 0. The zero-order valence-electron chi connectivity index (χ0n) is 11.8. The zero-order chi connectivity index (χ0) is 15.7. The number of aromatic nitrogens is 2. The summed E-state index contributed by atoms with van der Waals surface area (Å²) < 4.78 is 3.74. The number of amides is 1. The van der Waals surface area contributed by atoms with Crippen LogP contribution in [0.1, 0.15) is 21.6 Å². The van der Waals surface area contributed by atoms with Gasteiger partial charge in [-0.3, -0.25) is 4.79 Å². The summed E-state index contributed by atoms with van der Waals surface area (Å²) >= 11 is 6.85. The van der Waals surface area contributed by atoms with Crippen molar-refractivity contribution in [1.82, 2.24) is 14.7 Å². The maximum atomic E-state index is 12.2. The average Bonchev–Trinajstić information content (AvgIpc) is 2.88. The van der Waals surface area contributed by atoms with Crippen LogP contribution in [0.2, 0.25) is 0 Å². The number of carbonyl (C=O) groups is 1. The lowest BCUT2D eigenvalue weighted by atomic mass is 10.2. The SMILES string of the molecule is Cc1cc(Br)cn2cc(CNC(=O)c3ccccc3Br)nc12. The number of fused-ring (bicyclic) bond motifs is 1. The highest BCUT2D eigenvalue weighted by molar-refractivity contribution is 9.10. The zero-order valence-corrected chi connectivity index (χ0v) is 15.0. The summed E-state index contributed by atoms with van der Waals surface area (Å²) in [6, 6.07) is 9.37. The van der Waals surface area contributed by atoms with Gasteiger partial charge >= 0.3 is 0 Å². The second kappa shape index (κ2) is 6.22. The molecule has 3 rings (SSSR count). The molecule has 0 atom stereocenters. The number of benzene rings is 1. The fourth-order valence-electron chi connectivity index (χ4n) is 2.27. The molecule has 0 aliphatic heterocycles. The molecule has 0 saturated carbocycles. The van der Waals surface area contributed by atoms with Crippen molar-refractivity contribution in [2.45, 2.75) is 13.5 Å². The van der Waals surface area contributed by atoms with Gasteiger partial charge in [-0.2, -0.15) is 0 Å². The smallest absolute Gasteiger partial charge is 0.252 e. The van der Waals surface area contributed by atoms with Crippen LogP contribution in [0, 0.1) is 6.92 Å². The molecule has 3 aromatic rings. The molecule has 6 heteroatoms. The summed E-state index contributed by atoms with van der Waals surface area (Å²) in [6.07, 6.45) is 3.88. The first-order valence-electron chi connectivity index (χ1n) is 6.71. The third-order valence-electron chi connectivity index (χ3n) is 3.30. The van der Waals surface area contributed by atoms with E-state index < -0.39 is 0 Å². The number of carbonyl (C=O) groups excluding carboxylic acids is 1. The van der Waals surface area contributed by atoms with Gasteiger partial charge in [0.15, 0.2) is 0 Å². The minimum Gasteiger partial charge on any atom is -0.346 e. The Hall–Kier alpha value is -1.66. The lowest BCUT2D eigenvalue weighted by Gasteiger charge is -2.04. The first-order valence-corrected chi connectivity index (χ1v) is 8.29. The number of aryl methyl sites for hydroxylation is 1. The largest absolute Gasteiger partial charge is 0.346 e. The lowest BCUT2D eigenvalue weighted by molar-refractivity contribution is 0.0949. The average molecular weight is 423 g/mol. The highest BCUT2D eigenvalue weighted by Crippen LogP contribution is 2.18. The Kier molecular flexibility index (Phi) is 4.31. The molecule has 0 aliphatic carbocycles. The van der Waals surface area contributed by atoms with Crippen molar-refractivity contribution in [1.29, 1.82) is 0 Å². The van der Waals surface area contributed by atoms with E-state index >= 15 is 0 Å². The summed E-state index contributed by atoms with van der Waals surface area (Å²) in [5, 5.41) is 2.89. The molecule has 0 unspecified atom stereocenters. The Morgan fingerprint density at radius 3 is 2.82 bits per heavy atom. The van der Waals surface area contributed by atoms with Gasteiger partial charge < -0.3 is 9.72 Å². The van der Waals surface area contributed by atoms with Gasteiger partial charge in [0.1, 0.15) is 5.65 Å². The van der Waals surface area contributed by atoms with Crippen molar-refractivity contribution in [2.24, 2.45) is 0 Å². The quantitative estimate of drug-likeness (QED) is 0.690. The third kappa shape index (κ3) is 3.08. The summed E-state index contributed by atoms with van der Waals surface area (Å²) in [6.45, 7) is 2.40. The number of halogens is 2. The van der Waals surface area contributed by atoms with E-state index in [2.05, 4.69) is 42.2 Å². The fourth-order valence-corrected chi connectivity index (χ4v) is 3.30. The van der Waals surface area contributed by atoms with Crippen molar-refractivity contribution in [3.63, 3.8) is 0 Å². The van der Waals surface area contributed by atoms with Crippen LogP contribution < -0.4 is 5.32 Å². The van der Waals surface area contributed by atoms with Crippen molar-refractivity contribution in [3.05, 3.63) is 68.5 Å². The third-order valence-corrected chi connectivity index (χ3v) is 4.43. The second-order valence-corrected chi connectivity index (χ2v) is 6.74. The molecule has 2 heterocycles. The number of imidazole rings is 1. The van der Waals surface area contributed by atoms with Crippen LogP contribution in [-0.4, -0.2) is 15.3 Å². The van der Waals surface area contributed by atoms with Crippen molar-refractivity contribution in [3.8, 4) is 0 Å². The van der Waals surface area contributed by atoms with E-state index in [0.29, 0.717) is 12.1 Å². The number of rotatable bonds is 3. The van der Waals surface area contributed by atoms with Crippen LogP contribution >= 0.6 is 31.9 Å². The number of nitrogens with one attached hydrogen (secondary N) is 1. The Balaban J connectivity index is 1.78. The number of hydrogen-bond acceptors (Lipinski definition) is 2. The fraction of sp³-hybridized carbons (Fsp3) is 0.125. The summed E-state index contributed by atoms with van der Waals surface area (Å²) in [5.41, 5.74) is 3.41. The molecule has 0 aliphatic rings. The van der Waals surface area contributed by atoms with E-state index in [9.17, 15) is 4.79 Å². The van der Waals surface area contributed by atoms with Gasteiger partial charge in [-0.05, 0) is 62.5 Å². The molecule has 1 N–H and O–H groups in total. The first kappa shape index (κ1) is 15.2. The number of hydrogen-bond donors (Lipinski definition) is 1. The Bertz CT molecular complexity index is 858. The van der Waals surface area contributed by atoms with Crippen LogP contribution in [0.15, 0.2) is 51.7 Å². The van der Waals surface area contributed by atoms with Gasteiger partial charge in [-0.25, -0.2) is 4.98 Å². The van der Waals surface area contributed by atoms with E-state index in [1.807, 2.05) is 48.0 Å². The van der Waals surface area contributed by atoms with Crippen LogP contribution in [0.5, 0.6) is 0 Å². The number of pyridine rings is 1. The molecule has 4 nitrogen and oxygen atoms in total. The summed E-state index contributed by atoms with van der Waals surface area (Å²) in [5.74, 6) is -0.123. The Morgan fingerprint density at radius 2 is 2.05 bits per heavy atom. The van der Waals surface area contributed by atoms with Crippen LogP contribution in [0.4, 0.5) is 0 Å². The van der Waals surface area contributed by atoms with Crippen LogP contribution in [0.25, 0.3) is 5.65 Å². The highest BCUT2D eigenvalue weighted by Gasteiger charge is 2.10. The minimum atomic E-state index is -0.123. The van der Waals surface area contributed by atoms with Crippen molar-refractivity contribution >= 4 is 43.4 Å². The maximum Gasteiger partial charge on any atom is 0.252 e.